The molecule has 0 aliphatic heterocycles. The maximum Gasteiger partial charge on any atom is 0.122 e. The van der Waals surface area contributed by atoms with Crippen LogP contribution in [0.3, 0.4) is 0 Å². The summed E-state index contributed by atoms with van der Waals surface area (Å²) in [4.78, 5) is 2.31. The Kier molecular flexibility index (Phi) is 7.40. The topological polar surface area (TPSA) is 39.1 Å². The summed E-state index contributed by atoms with van der Waals surface area (Å²) >= 11 is 9.44. The van der Waals surface area contributed by atoms with Crippen molar-refractivity contribution < 1.29 is 0 Å². The van der Waals surface area contributed by atoms with E-state index in [1.54, 1.807) is 6.07 Å². The molecule has 3 nitrogen and oxygen atoms in total. The van der Waals surface area contributed by atoms with Gasteiger partial charge in [-0.3, -0.25) is 5.32 Å². The Morgan fingerprint density at radius 1 is 1.42 bits per heavy atom. The number of nitriles is 1. The van der Waals surface area contributed by atoms with Crippen LogP contribution in [0.1, 0.15) is 25.5 Å². The minimum atomic E-state index is -0.344. The van der Waals surface area contributed by atoms with E-state index in [0.29, 0.717) is 5.02 Å². The van der Waals surface area contributed by atoms with Crippen molar-refractivity contribution in [3.63, 3.8) is 0 Å². The van der Waals surface area contributed by atoms with Crippen molar-refractivity contribution in [1.82, 2.24) is 10.2 Å². The minimum Gasteiger partial charge on any atom is -0.303 e. The monoisotopic (exact) mass is 343 g/mol. The molecule has 0 aromatic heterocycles. The maximum absolute atomic E-state index is 9.28. The van der Waals surface area contributed by atoms with Gasteiger partial charge in [0.25, 0.3) is 0 Å². The molecule has 0 spiro atoms. The van der Waals surface area contributed by atoms with Gasteiger partial charge >= 0.3 is 0 Å². The zero-order chi connectivity index (χ0) is 14.3. The van der Waals surface area contributed by atoms with E-state index in [0.717, 1.165) is 36.2 Å². The fourth-order valence-electron chi connectivity index (χ4n) is 1.87. The Hall–Kier alpha value is -0.600. The Morgan fingerprint density at radius 3 is 2.68 bits per heavy atom. The lowest BCUT2D eigenvalue weighted by molar-refractivity contribution is 0.300. The second-order valence-corrected chi connectivity index (χ2v) is 5.50. The van der Waals surface area contributed by atoms with Crippen LogP contribution in [-0.2, 0) is 0 Å². The van der Waals surface area contributed by atoms with Gasteiger partial charge in [-0.05, 0) is 36.9 Å². The second-order valence-electron chi connectivity index (χ2n) is 4.21. The van der Waals surface area contributed by atoms with Gasteiger partial charge in [0.2, 0.25) is 0 Å². The molecule has 0 fully saturated rings. The smallest absolute Gasteiger partial charge is 0.122 e. The molecule has 1 rings (SSSR count). The lowest BCUT2D eigenvalue weighted by atomic mass is 10.1. The second kappa shape index (κ2) is 8.55. The summed E-state index contributed by atoms with van der Waals surface area (Å²) in [6, 6.07) is 7.43. The highest BCUT2D eigenvalue weighted by Gasteiger charge is 2.14. The van der Waals surface area contributed by atoms with Gasteiger partial charge in [0.15, 0.2) is 0 Å². The molecule has 1 aromatic carbocycles. The standard InChI is InChI=1S/C14H19BrClN3/c1-3-19(4-2)8-7-18-14(10-17)12-9-11(16)5-6-13(12)15/h5-6,9,14,18H,3-4,7-8H2,1-2H3. The van der Waals surface area contributed by atoms with E-state index in [1.165, 1.54) is 0 Å². The van der Waals surface area contributed by atoms with Gasteiger partial charge in [-0.15, -0.1) is 0 Å². The molecule has 0 saturated heterocycles. The van der Waals surface area contributed by atoms with Crippen LogP contribution < -0.4 is 5.32 Å². The number of hydrogen-bond donors (Lipinski definition) is 1. The van der Waals surface area contributed by atoms with Crippen molar-refractivity contribution in [1.29, 1.82) is 5.26 Å². The van der Waals surface area contributed by atoms with Gasteiger partial charge in [0.1, 0.15) is 6.04 Å². The molecule has 1 atom stereocenters. The highest BCUT2D eigenvalue weighted by molar-refractivity contribution is 9.10. The number of halogens is 2. The molecule has 0 aliphatic rings. The van der Waals surface area contributed by atoms with Crippen molar-refractivity contribution in [3.05, 3.63) is 33.3 Å². The van der Waals surface area contributed by atoms with Gasteiger partial charge in [-0.2, -0.15) is 5.26 Å². The first-order valence-corrected chi connectivity index (χ1v) is 7.59. The number of likely N-dealkylation sites (N-methyl/N-ethyl adjacent to an activating group) is 1. The number of rotatable bonds is 7. The number of nitrogens with one attached hydrogen (secondary N) is 1. The van der Waals surface area contributed by atoms with Gasteiger partial charge in [-0.25, -0.2) is 0 Å². The van der Waals surface area contributed by atoms with Crippen molar-refractivity contribution >= 4 is 27.5 Å². The first-order chi connectivity index (χ1) is 9.12. The van der Waals surface area contributed by atoms with E-state index >= 15 is 0 Å². The minimum absolute atomic E-state index is 0.344. The van der Waals surface area contributed by atoms with Gasteiger partial charge in [0.05, 0.1) is 6.07 Å². The van der Waals surface area contributed by atoms with E-state index in [9.17, 15) is 5.26 Å². The average molecular weight is 345 g/mol. The molecular weight excluding hydrogens is 326 g/mol. The van der Waals surface area contributed by atoms with Crippen LogP contribution in [-0.4, -0.2) is 31.1 Å². The van der Waals surface area contributed by atoms with Gasteiger partial charge in [0, 0.05) is 22.6 Å². The first kappa shape index (κ1) is 16.5. The van der Waals surface area contributed by atoms with E-state index in [2.05, 4.69) is 46.1 Å². The van der Waals surface area contributed by atoms with E-state index in [-0.39, 0.29) is 6.04 Å². The van der Waals surface area contributed by atoms with Crippen molar-refractivity contribution in [2.24, 2.45) is 0 Å². The highest BCUT2D eigenvalue weighted by Crippen LogP contribution is 2.26. The third-order valence-electron chi connectivity index (χ3n) is 3.07. The molecule has 5 heteroatoms. The molecule has 19 heavy (non-hydrogen) atoms. The largest absolute Gasteiger partial charge is 0.303 e. The Bertz CT molecular complexity index is 441. The fraction of sp³-hybridized carbons (Fsp3) is 0.500. The molecule has 0 radical (unpaired) electrons. The fourth-order valence-corrected chi connectivity index (χ4v) is 2.52. The molecule has 1 N–H and O–H groups in total. The predicted molar refractivity (Wildman–Crippen MR) is 83.3 cm³/mol. The average Bonchev–Trinajstić information content (AvgIpc) is 2.42. The van der Waals surface area contributed by atoms with Crippen molar-refractivity contribution in [2.75, 3.05) is 26.2 Å². The van der Waals surface area contributed by atoms with Gasteiger partial charge in [-0.1, -0.05) is 41.4 Å². The molecular formula is C14H19BrClN3. The summed E-state index contributed by atoms with van der Waals surface area (Å²) in [5.74, 6) is 0. The molecule has 0 amide bonds. The molecule has 0 bridgehead atoms. The van der Waals surface area contributed by atoms with E-state index in [1.807, 2.05) is 12.1 Å². The van der Waals surface area contributed by atoms with E-state index < -0.39 is 0 Å². The predicted octanol–water partition coefficient (Wildman–Crippen LogP) is 3.60. The molecule has 104 valence electrons. The summed E-state index contributed by atoms with van der Waals surface area (Å²) in [6.07, 6.45) is 0. The number of benzene rings is 1. The van der Waals surface area contributed by atoms with Crippen LogP contribution in [0.25, 0.3) is 0 Å². The van der Waals surface area contributed by atoms with Gasteiger partial charge < -0.3 is 4.90 Å². The summed E-state index contributed by atoms with van der Waals surface area (Å²) < 4.78 is 0.902. The number of hydrogen-bond acceptors (Lipinski definition) is 3. The van der Waals surface area contributed by atoms with Crippen LogP contribution in [0.5, 0.6) is 0 Å². The summed E-state index contributed by atoms with van der Waals surface area (Å²) in [5, 5.41) is 13.2. The van der Waals surface area contributed by atoms with Crippen LogP contribution in [0.2, 0.25) is 5.02 Å². The van der Waals surface area contributed by atoms with Crippen LogP contribution in [0.15, 0.2) is 22.7 Å². The first-order valence-electron chi connectivity index (χ1n) is 6.42. The normalized spacial score (nSPS) is 12.4. The molecule has 0 heterocycles. The molecule has 0 saturated carbocycles. The zero-order valence-electron chi connectivity index (χ0n) is 11.3. The van der Waals surface area contributed by atoms with E-state index in [4.69, 9.17) is 11.6 Å². The highest BCUT2D eigenvalue weighted by atomic mass is 79.9. The van der Waals surface area contributed by atoms with Crippen LogP contribution >= 0.6 is 27.5 Å². The molecule has 1 unspecified atom stereocenters. The SMILES string of the molecule is CCN(CC)CCNC(C#N)c1cc(Cl)ccc1Br. The van der Waals surface area contributed by atoms with Crippen LogP contribution in [0.4, 0.5) is 0 Å². The molecule has 1 aromatic rings. The zero-order valence-corrected chi connectivity index (χ0v) is 13.6. The lowest BCUT2D eigenvalue weighted by Gasteiger charge is -2.20. The Balaban J connectivity index is 2.64. The lowest BCUT2D eigenvalue weighted by Crippen LogP contribution is -2.33. The third kappa shape index (κ3) is 5.12. The Morgan fingerprint density at radius 2 is 2.11 bits per heavy atom. The number of nitrogens with zero attached hydrogens (tertiary/aromatic N) is 2. The van der Waals surface area contributed by atoms with Crippen LogP contribution in [0, 0.1) is 11.3 Å². The summed E-state index contributed by atoms with van der Waals surface area (Å²) in [7, 11) is 0. The quantitative estimate of drug-likeness (QED) is 0.821. The summed E-state index contributed by atoms with van der Waals surface area (Å²) in [6.45, 7) is 8.03. The van der Waals surface area contributed by atoms with Crippen molar-refractivity contribution in [3.8, 4) is 6.07 Å². The summed E-state index contributed by atoms with van der Waals surface area (Å²) in [5.41, 5.74) is 0.884. The Labute approximate surface area is 128 Å². The maximum atomic E-state index is 9.28. The third-order valence-corrected chi connectivity index (χ3v) is 4.03. The molecule has 0 aliphatic carbocycles. The van der Waals surface area contributed by atoms with Crippen molar-refractivity contribution in [2.45, 2.75) is 19.9 Å².